The monoisotopic (exact) mass is 793 g/mol. The fourth-order valence-electron chi connectivity index (χ4n) is 8.92. The van der Waals surface area contributed by atoms with Crippen LogP contribution in [0.15, 0.2) is 52.6 Å². The van der Waals surface area contributed by atoms with Gasteiger partial charge in [0, 0.05) is 14.0 Å². The summed E-state index contributed by atoms with van der Waals surface area (Å²) in [6.07, 6.45) is 31.4. The van der Waals surface area contributed by atoms with Crippen molar-refractivity contribution in [3.05, 3.63) is 64.0 Å². The van der Waals surface area contributed by atoms with Crippen LogP contribution in [0.2, 0.25) is 0 Å². The molecule has 1 aromatic carbocycles. The molecule has 0 aromatic heterocycles. The van der Waals surface area contributed by atoms with Crippen molar-refractivity contribution in [3.8, 4) is 0 Å². The molecule has 0 bridgehead atoms. The molecule has 262 valence electrons. The van der Waals surface area contributed by atoms with Gasteiger partial charge in [-0.15, -0.1) is 0 Å². The molecule has 6 heteroatoms. The van der Waals surface area contributed by atoms with Gasteiger partial charge < -0.3 is 4.90 Å². The van der Waals surface area contributed by atoms with E-state index < -0.39 is 13.5 Å². The van der Waals surface area contributed by atoms with E-state index in [-0.39, 0.29) is 7.92 Å². The SMILES string of the molecule is C1CCC([PH+](C2CCCCC2)C2CCCCC2)CC1.CCC1=CCCC(CC)[C@H]1N1[CH-]SC(C)=C1C.[Cl][Ru]([Cl])=[CH]c1ccccc1. The van der Waals surface area contributed by atoms with E-state index in [0.29, 0.717) is 6.04 Å². The van der Waals surface area contributed by atoms with Gasteiger partial charge in [0.25, 0.3) is 0 Å². The van der Waals surface area contributed by atoms with E-state index >= 15 is 0 Å². The van der Waals surface area contributed by atoms with Crippen molar-refractivity contribution in [1.82, 2.24) is 4.90 Å². The van der Waals surface area contributed by atoms with Gasteiger partial charge in [0.15, 0.2) is 0 Å². The van der Waals surface area contributed by atoms with Crippen LogP contribution in [0.4, 0.5) is 0 Å². The van der Waals surface area contributed by atoms with Crippen molar-refractivity contribution in [3.63, 3.8) is 0 Å². The Morgan fingerprint density at radius 2 is 1.33 bits per heavy atom. The van der Waals surface area contributed by atoms with Crippen molar-refractivity contribution < 1.29 is 13.5 Å². The van der Waals surface area contributed by atoms with Crippen LogP contribution in [0.5, 0.6) is 0 Å². The zero-order chi connectivity index (χ0) is 32.7. The molecule has 0 amide bonds. The van der Waals surface area contributed by atoms with Gasteiger partial charge in [0.05, 0.1) is 17.0 Å². The molecule has 3 fully saturated rings. The molecule has 0 spiro atoms. The van der Waals surface area contributed by atoms with Gasteiger partial charge in [-0.1, -0.05) is 51.2 Å². The van der Waals surface area contributed by atoms with Crippen molar-refractivity contribution in [1.29, 1.82) is 0 Å². The summed E-state index contributed by atoms with van der Waals surface area (Å²) in [5.74, 6) is 3.15. The molecule has 0 saturated heterocycles. The summed E-state index contributed by atoms with van der Waals surface area (Å²) in [6.45, 7) is 9.13. The van der Waals surface area contributed by atoms with E-state index in [0.717, 1.165) is 11.5 Å². The van der Waals surface area contributed by atoms with E-state index in [2.05, 4.69) is 44.5 Å². The zero-order valence-corrected chi connectivity index (χ0v) is 34.5. The van der Waals surface area contributed by atoms with Crippen LogP contribution in [-0.2, 0) is 13.5 Å². The van der Waals surface area contributed by atoms with Gasteiger partial charge in [0.2, 0.25) is 0 Å². The first kappa shape index (κ1) is 39.1. The van der Waals surface area contributed by atoms with Crippen LogP contribution in [0.3, 0.4) is 0 Å². The van der Waals surface area contributed by atoms with Gasteiger partial charge in [0.1, 0.15) is 0 Å². The Kier molecular flexibility index (Phi) is 18.3. The molecule has 1 aliphatic heterocycles. The molecule has 0 radical (unpaired) electrons. The Morgan fingerprint density at radius 3 is 1.74 bits per heavy atom. The van der Waals surface area contributed by atoms with Gasteiger partial charge in [-0.25, -0.2) is 0 Å². The maximum atomic E-state index is 5.67. The van der Waals surface area contributed by atoms with Crippen LogP contribution in [0.1, 0.15) is 155 Å². The number of hydrogen-bond donors (Lipinski definition) is 0. The summed E-state index contributed by atoms with van der Waals surface area (Å²) in [5.41, 5.74) is 7.90. The number of rotatable bonds is 7. The number of allylic oxidation sites excluding steroid dienone is 3. The first-order valence-electron chi connectivity index (χ1n) is 18.8. The molecule has 4 aliphatic carbocycles. The summed E-state index contributed by atoms with van der Waals surface area (Å²) < 4.78 is 1.92. The summed E-state index contributed by atoms with van der Waals surface area (Å²) >= 11 is 0.271. The minimum atomic E-state index is -1.61. The summed E-state index contributed by atoms with van der Waals surface area (Å²) in [7, 11) is 11.3. The Hall–Kier alpha value is 0.353. The topological polar surface area (TPSA) is 3.24 Å². The van der Waals surface area contributed by atoms with Crippen LogP contribution < -0.4 is 0 Å². The summed E-state index contributed by atoms with van der Waals surface area (Å²) in [6, 6.07) is 10.5. The van der Waals surface area contributed by atoms with Crippen LogP contribution in [0, 0.1) is 11.8 Å². The molecule has 2 atom stereocenters. The third-order valence-corrected chi connectivity index (χ3v) is 18.9. The van der Waals surface area contributed by atoms with E-state index in [1.807, 2.05) is 46.7 Å². The van der Waals surface area contributed by atoms with Crippen molar-refractivity contribution >= 4 is 43.7 Å². The average Bonchev–Trinajstić information content (AvgIpc) is 3.43. The number of hydrogen-bond acceptors (Lipinski definition) is 2. The summed E-state index contributed by atoms with van der Waals surface area (Å²) in [4.78, 5) is 3.99. The molecule has 6 rings (SSSR count). The van der Waals surface area contributed by atoms with E-state index in [9.17, 15) is 0 Å². The molecule has 46 heavy (non-hydrogen) atoms. The molecular formula is C40H64Cl2NPRuS. The molecule has 1 unspecified atom stereocenters. The van der Waals surface area contributed by atoms with Crippen LogP contribution >= 0.6 is 39.1 Å². The van der Waals surface area contributed by atoms with E-state index in [1.165, 1.54) is 53.3 Å². The molecule has 3 saturated carbocycles. The Labute approximate surface area is 302 Å². The second kappa shape index (κ2) is 21.5. The molecule has 0 N–H and O–H groups in total. The fraction of sp³-hybridized carbons (Fsp3) is 0.700. The molecule has 1 heterocycles. The average molecular weight is 794 g/mol. The molecular weight excluding hydrogens is 729 g/mol. The molecule has 1 nitrogen and oxygen atoms in total. The first-order valence-corrected chi connectivity index (χ1v) is 26.9. The maximum absolute atomic E-state index is 5.67. The quantitative estimate of drug-likeness (QED) is 0.117. The van der Waals surface area contributed by atoms with Gasteiger partial charge in [-0.05, 0) is 127 Å². The van der Waals surface area contributed by atoms with E-state index in [1.54, 1.807) is 102 Å². The minimum absolute atomic E-state index is 0.0465. The first-order chi connectivity index (χ1) is 22.4. The summed E-state index contributed by atoms with van der Waals surface area (Å²) in [5, 5.41) is 0. The van der Waals surface area contributed by atoms with E-state index in [4.69, 9.17) is 19.4 Å². The predicted molar refractivity (Wildman–Crippen MR) is 210 cm³/mol. The van der Waals surface area contributed by atoms with Crippen LogP contribution in [-0.4, -0.2) is 32.5 Å². The second-order valence-electron chi connectivity index (χ2n) is 14.3. The van der Waals surface area contributed by atoms with Crippen LogP contribution in [0.25, 0.3) is 0 Å². The zero-order valence-electron chi connectivity index (χ0n) is 29.4. The second-order valence-corrected chi connectivity index (χ2v) is 24.6. The predicted octanol–water partition coefficient (Wildman–Crippen LogP) is 13.9. The Bertz CT molecular complexity index is 1060. The number of thioether (sulfide) groups is 1. The van der Waals surface area contributed by atoms with Gasteiger partial charge in [-0.3, -0.25) is 11.8 Å². The normalized spacial score (nSPS) is 25.3. The number of nitrogens with zero attached hydrogens (tertiary/aromatic N) is 1. The third kappa shape index (κ3) is 12.0. The standard InChI is InChI=1S/C18H33P.C15H24NS.C7H6.2ClH.Ru/c1-4-10-16(11-5-1)19(17-12-6-2-7-13-17)18-14-8-3-9-15-18;1-5-13-8-7-9-14(6-2)15(13)16-10-17-12(4)11(16)3;1-7-5-3-2-4-6-7;;;/h16-18H,1-15H2;8,10,14-15H,5-7,9H2,1-4H3;1-6H;2*1H;/q;-1;;;;+2/p-1/t;14?,15-;;;;/m.0..../s1. The fourth-order valence-corrected chi connectivity index (χ4v) is 16.8. The Morgan fingerprint density at radius 1 is 0.804 bits per heavy atom. The number of benzene rings is 1. The number of halogens is 2. The molecule has 5 aliphatic rings. The Balaban J connectivity index is 0.000000164. The van der Waals surface area contributed by atoms with Gasteiger partial charge in [-0.2, -0.15) is 5.88 Å². The van der Waals surface area contributed by atoms with Crippen molar-refractivity contribution in [2.24, 2.45) is 5.92 Å². The van der Waals surface area contributed by atoms with Crippen molar-refractivity contribution in [2.75, 3.05) is 0 Å². The third-order valence-electron chi connectivity index (χ3n) is 11.5. The molecule has 1 aromatic rings. The van der Waals surface area contributed by atoms with Gasteiger partial charge >= 0.3 is 73.4 Å². The van der Waals surface area contributed by atoms with Crippen molar-refractivity contribution in [2.45, 2.75) is 173 Å².